The number of likely N-dealkylation sites (tertiary alicyclic amines) is 1. The van der Waals surface area contributed by atoms with E-state index in [0.29, 0.717) is 48.2 Å². The Hall–Kier alpha value is -6.68. The quantitative estimate of drug-likeness (QED) is 0.0409. The van der Waals surface area contributed by atoms with Crippen LogP contribution in [0.1, 0.15) is 99.4 Å². The number of benzene rings is 3. The maximum atomic E-state index is 14.1. The highest BCUT2D eigenvalue weighted by Gasteiger charge is 2.44. The summed E-state index contributed by atoms with van der Waals surface area (Å²) in [7, 11) is 1.75. The second-order valence-corrected chi connectivity index (χ2v) is 20.8. The van der Waals surface area contributed by atoms with Crippen LogP contribution in [0.2, 0.25) is 0 Å². The molecule has 6 aromatic rings. The third kappa shape index (κ3) is 14.4. The van der Waals surface area contributed by atoms with E-state index in [1.165, 1.54) is 17.0 Å². The molecule has 5 N–H and O–H groups in total. The summed E-state index contributed by atoms with van der Waals surface area (Å²) >= 11 is 1.56. The van der Waals surface area contributed by atoms with E-state index in [4.69, 9.17) is 9.47 Å². The molecule has 0 aliphatic carbocycles. The third-order valence-corrected chi connectivity index (χ3v) is 14.1. The number of aliphatic hydroxyl groups is 1. The van der Waals surface area contributed by atoms with Crippen molar-refractivity contribution >= 4 is 62.8 Å². The predicted molar refractivity (Wildman–Crippen MR) is 279 cm³/mol. The summed E-state index contributed by atoms with van der Waals surface area (Å²) < 4.78 is 54.2. The number of amides is 5. The van der Waals surface area contributed by atoms with E-state index in [0.717, 1.165) is 44.6 Å². The SMILES string of the molecule is Cc1ncsc1-c1ccc(C(C)NC(=O)[C@@H]2C[C@@H](O)CN2C(=O)C(NC(=O)CCCCCC(=O)NCCOCCOCCNC(=O)c2ccc3c(c2)c2cn(C)nc2n3-c2ccc(C(F)(F)F)cc2)C(C)(C)C)cc1. The first-order valence-corrected chi connectivity index (χ1v) is 26.0. The number of alkyl halides is 3. The number of hydrogen-bond acceptors (Lipinski definition) is 11. The maximum Gasteiger partial charge on any atom is 0.416 e. The van der Waals surface area contributed by atoms with Crippen molar-refractivity contribution in [3.8, 4) is 16.1 Å². The molecule has 402 valence electrons. The molecule has 1 aliphatic rings. The Morgan fingerprint density at radius 2 is 1.51 bits per heavy atom. The molecule has 0 saturated carbocycles. The predicted octanol–water partition coefficient (Wildman–Crippen LogP) is 7.17. The second kappa shape index (κ2) is 24.8. The van der Waals surface area contributed by atoms with Gasteiger partial charge in [0.2, 0.25) is 23.6 Å². The number of carbonyl (C=O) groups is 5. The van der Waals surface area contributed by atoms with Gasteiger partial charge in [0.25, 0.3) is 5.91 Å². The average molecular weight is 1060 g/mol. The number of carbonyl (C=O) groups excluding carboxylic acids is 5. The fourth-order valence-corrected chi connectivity index (χ4v) is 9.91. The Morgan fingerprint density at radius 3 is 2.15 bits per heavy atom. The molecule has 0 radical (unpaired) electrons. The largest absolute Gasteiger partial charge is 0.416 e. The van der Waals surface area contributed by atoms with Crippen molar-refractivity contribution < 1.29 is 51.7 Å². The van der Waals surface area contributed by atoms with Crippen molar-refractivity contribution in [1.82, 2.24) is 45.5 Å². The average Bonchev–Trinajstić information content (AvgIpc) is 4.15. The van der Waals surface area contributed by atoms with Crippen molar-refractivity contribution in [2.24, 2.45) is 12.5 Å². The molecule has 1 fully saturated rings. The lowest BCUT2D eigenvalue weighted by molar-refractivity contribution is -0.144. The van der Waals surface area contributed by atoms with Gasteiger partial charge in [-0.2, -0.15) is 18.3 Å². The molecule has 75 heavy (non-hydrogen) atoms. The van der Waals surface area contributed by atoms with Crippen molar-refractivity contribution in [1.29, 1.82) is 0 Å². The van der Waals surface area contributed by atoms with Crippen molar-refractivity contribution in [2.75, 3.05) is 46.1 Å². The zero-order chi connectivity index (χ0) is 54.0. The van der Waals surface area contributed by atoms with Gasteiger partial charge >= 0.3 is 6.18 Å². The highest BCUT2D eigenvalue weighted by atomic mass is 32.1. The molecule has 1 saturated heterocycles. The van der Waals surface area contributed by atoms with E-state index in [2.05, 4.69) is 31.3 Å². The number of nitrogens with one attached hydrogen (secondary N) is 4. The normalized spacial score (nSPS) is 15.8. The summed E-state index contributed by atoms with van der Waals surface area (Å²) in [6.07, 6.45) is -1.37. The number of hydrogen-bond donors (Lipinski definition) is 5. The van der Waals surface area contributed by atoms with Gasteiger partial charge in [0.05, 0.1) is 65.7 Å². The Kier molecular flexibility index (Phi) is 18.5. The number of β-amino-alcohol motifs (C(OH)–C–C–N with tert-alkyl or cyclic N) is 1. The van der Waals surface area contributed by atoms with Crippen LogP contribution in [-0.4, -0.2) is 123 Å². The number of aryl methyl sites for hydroxylation is 2. The number of thiazole rings is 1. The Morgan fingerprint density at radius 1 is 0.840 bits per heavy atom. The summed E-state index contributed by atoms with van der Waals surface area (Å²) in [5.74, 6) is -1.59. The van der Waals surface area contributed by atoms with Crippen molar-refractivity contribution in [3.05, 3.63) is 101 Å². The van der Waals surface area contributed by atoms with Crippen LogP contribution in [0.3, 0.4) is 0 Å². The van der Waals surface area contributed by atoms with Crippen LogP contribution in [0.25, 0.3) is 38.1 Å². The van der Waals surface area contributed by atoms with Crippen molar-refractivity contribution in [3.63, 3.8) is 0 Å². The first-order chi connectivity index (χ1) is 35.7. The highest BCUT2D eigenvalue weighted by Crippen LogP contribution is 2.35. The zero-order valence-corrected chi connectivity index (χ0v) is 43.9. The zero-order valence-electron chi connectivity index (χ0n) is 43.1. The van der Waals surface area contributed by atoms with E-state index in [9.17, 15) is 42.3 Å². The number of aliphatic hydroxyl groups excluding tert-OH is 1. The Balaban J connectivity index is 0.743. The fraction of sp³-hybridized carbons (Fsp3) is 0.463. The third-order valence-electron chi connectivity index (χ3n) is 13.1. The number of unbranched alkanes of at least 4 members (excludes halogenated alkanes) is 2. The summed E-state index contributed by atoms with van der Waals surface area (Å²) in [5.41, 5.74) is 5.38. The van der Waals surface area contributed by atoms with Crippen LogP contribution >= 0.6 is 11.3 Å². The number of aromatic nitrogens is 4. The van der Waals surface area contributed by atoms with Gasteiger partial charge in [-0.3, -0.25) is 33.2 Å². The van der Waals surface area contributed by atoms with E-state index in [-0.39, 0.29) is 88.5 Å². The molecule has 7 rings (SSSR count). The molecule has 3 aromatic heterocycles. The van der Waals surface area contributed by atoms with E-state index in [1.54, 1.807) is 57.5 Å². The molecule has 1 aliphatic heterocycles. The van der Waals surface area contributed by atoms with E-state index < -0.39 is 41.2 Å². The molecule has 0 bridgehead atoms. The summed E-state index contributed by atoms with van der Waals surface area (Å²) in [5, 5.41) is 28.2. The number of ether oxygens (including phenoxy) is 2. The molecular formula is C54H66F3N9O8S. The number of nitrogens with zero attached hydrogens (tertiary/aromatic N) is 5. The van der Waals surface area contributed by atoms with E-state index in [1.807, 2.05) is 58.9 Å². The topological polar surface area (TPSA) is 211 Å². The van der Waals surface area contributed by atoms with Gasteiger partial charge in [-0.15, -0.1) is 11.3 Å². The fourth-order valence-electron chi connectivity index (χ4n) is 9.10. The van der Waals surface area contributed by atoms with Crippen LogP contribution < -0.4 is 21.3 Å². The minimum absolute atomic E-state index is 0.0257. The van der Waals surface area contributed by atoms with Crippen molar-refractivity contribution in [2.45, 2.75) is 104 Å². The van der Waals surface area contributed by atoms with Gasteiger partial charge in [0.15, 0.2) is 5.65 Å². The standard InChI is InChI=1S/C54H66F3N9O8S/c1-33(35-12-14-36(15-13-35)47-34(2)60-32-75-47)61-51(71)44-29-40(67)30-65(44)52(72)48(53(3,4)5)62-46(69)11-9-7-8-10-45(68)58-22-24-73-26-27-74-25-23-59-50(70)37-16-21-43-41(28-37)42-31-64(6)63-49(42)66(43)39-19-17-38(18-20-39)54(55,56)57/h12-21,28,31-33,40,44,48,67H,7-11,22-27,29-30H2,1-6H3,(H,58,68)(H,59,70)(H,61,71)(H,62,69)/t33?,40-,44+,48?/m1/s1. The monoisotopic (exact) mass is 1060 g/mol. The summed E-state index contributed by atoms with van der Waals surface area (Å²) in [6.45, 7) is 10.9. The van der Waals surface area contributed by atoms with E-state index >= 15 is 0 Å². The van der Waals surface area contributed by atoms with Gasteiger partial charge in [0, 0.05) is 74.2 Å². The minimum atomic E-state index is -4.46. The second-order valence-electron chi connectivity index (χ2n) is 19.9. The van der Waals surface area contributed by atoms with Gasteiger partial charge in [-0.05, 0) is 85.7 Å². The molecule has 0 spiro atoms. The highest BCUT2D eigenvalue weighted by molar-refractivity contribution is 7.13. The molecule has 4 heterocycles. The lowest BCUT2D eigenvalue weighted by Crippen LogP contribution is -2.57. The minimum Gasteiger partial charge on any atom is -0.391 e. The maximum absolute atomic E-state index is 14.1. The van der Waals surface area contributed by atoms with Crippen LogP contribution in [0, 0.1) is 12.3 Å². The number of fused-ring (bicyclic) bond motifs is 3. The van der Waals surface area contributed by atoms with Gasteiger partial charge < -0.3 is 40.7 Å². The molecule has 5 amide bonds. The lowest BCUT2D eigenvalue weighted by atomic mass is 9.85. The van der Waals surface area contributed by atoms with Crippen LogP contribution in [0.4, 0.5) is 13.2 Å². The molecular weight excluding hydrogens is 992 g/mol. The Bertz CT molecular complexity index is 2950. The Labute approximate surface area is 437 Å². The summed E-state index contributed by atoms with van der Waals surface area (Å²) in [4.78, 5) is 73.1. The number of halogens is 3. The van der Waals surface area contributed by atoms with Crippen LogP contribution in [0.15, 0.2) is 78.4 Å². The molecule has 2 unspecified atom stereocenters. The van der Waals surface area contributed by atoms with Crippen LogP contribution in [-0.2, 0) is 41.9 Å². The first-order valence-electron chi connectivity index (χ1n) is 25.1. The van der Waals surface area contributed by atoms with Gasteiger partial charge in [0.1, 0.15) is 12.1 Å². The molecule has 4 atom stereocenters. The first kappa shape index (κ1) is 56.1. The van der Waals surface area contributed by atoms with Crippen LogP contribution in [0.5, 0.6) is 0 Å². The molecule has 21 heteroatoms. The molecule has 17 nitrogen and oxygen atoms in total. The molecule has 3 aromatic carbocycles. The number of rotatable bonds is 23. The summed E-state index contributed by atoms with van der Waals surface area (Å²) in [6, 6.07) is 15.7. The smallest absolute Gasteiger partial charge is 0.391 e. The van der Waals surface area contributed by atoms with Gasteiger partial charge in [-0.1, -0.05) is 51.5 Å². The van der Waals surface area contributed by atoms with Gasteiger partial charge in [-0.25, -0.2) is 4.98 Å². The lowest BCUT2D eigenvalue weighted by Gasteiger charge is -2.35.